The van der Waals surface area contributed by atoms with Gasteiger partial charge >= 0.3 is 0 Å². The number of nitrogens with one attached hydrogen (secondary N) is 1. The zero-order valence-electron chi connectivity index (χ0n) is 12.4. The summed E-state index contributed by atoms with van der Waals surface area (Å²) in [4.78, 5) is 11.9. The Labute approximate surface area is 134 Å². The second kappa shape index (κ2) is 7.27. The van der Waals surface area contributed by atoms with Crippen LogP contribution in [0.15, 0.2) is 42.5 Å². The summed E-state index contributed by atoms with van der Waals surface area (Å²) >= 11 is 5.66. The van der Waals surface area contributed by atoms with Crippen molar-refractivity contribution in [1.29, 1.82) is 0 Å². The molecule has 0 atom stereocenters. The van der Waals surface area contributed by atoms with Crippen molar-refractivity contribution in [1.82, 2.24) is 5.32 Å². The number of hydrogen-bond acceptors (Lipinski definition) is 2. The number of halogens is 2. The Balaban J connectivity index is 1.96. The van der Waals surface area contributed by atoms with Crippen molar-refractivity contribution in [3.63, 3.8) is 0 Å². The van der Waals surface area contributed by atoms with Crippen LogP contribution < -0.4 is 10.1 Å². The molecule has 0 bridgehead atoms. The van der Waals surface area contributed by atoms with Gasteiger partial charge in [-0.25, -0.2) is 4.39 Å². The Hall–Kier alpha value is -2.07. The van der Waals surface area contributed by atoms with Gasteiger partial charge in [0.1, 0.15) is 11.6 Å². The Morgan fingerprint density at radius 3 is 2.50 bits per heavy atom. The molecule has 3 nitrogen and oxygen atoms in total. The Kier molecular flexibility index (Phi) is 5.39. The van der Waals surface area contributed by atoms with E-state index < -0.39 is 11.7 Å². The summed E-state index contributed by atoms with van der Waals surface area (Å²) in [6.45, 7) is 4.21. The summed E-state index contributed by atoms with van der Waals surface area (Å²) in [6.07, 6.45) is 0.110. The van der Waals surface area contributed by atoms with Gasteiger partial charge in [-0.15, -0.1) is 0 Å². The van der Waals surface area contributed by atoms with E-state index in [0.29, 0.717) is 6.54 Å². The molecule has 0 spiro atoms. The third-order valence-corrected chi connectivity index (χ3v) is 3.16. The average Bonchev–Trinajstić information content (AvgIpc) is 2.45. The lowest BCUT2D eigenvalue weighted by atomic mass is 10.1. The molecular weight excluding hydrogens is 305 g/mol. The Morgan fingerprint density at radius 1 is 1.23 bits per heavy atom. The van der Waals surface area contributed by atoms with Gasteiger partial charge in [0.2, 0.25) is 0 Å². The molecule has 0 saturated carbocycles. The maximum Gasteiger partial charge on any atom is 0.254 e. The highest BCUT2D eigenvalue weighted by atomic mass is 35.5. The van der Waals surface area contributed by atoms with Crippen LogP contribution in [0.4, 0.5) is 4.39 Å². The number of benzene rings is 2. The van der Waals surface area contributed by atoms with Crippen LogP contribution in [0.1, 0.15) is 29.8 Å². The van der Waals surface area contributed by atoms with E-state index in [0.717, 1.165) is 17.4 Å². The maximum absolute atomic E-state index is 13.6. The van der Waals surface area contributed by atoms with Crippen LogP contribution >= 0.6 is 11.6 Å². The molecule has 0 aromatic heterocycles. The molecule has 1 N–H and O–H groups in total. The van der Waals surface area contributed by atoms with E-state index in [-0.39, 0.29) is 16.7 Å². The molecule has 0 aliphatic carbocycles. The first-order chi connectivity index (χ1) is 10.5. The average molecular weight is 322 g/mol. The summed E-state index contributed by atoms with van der Waals surface area (Å²) in [7, 11) is 0. The fourth-order valence-corrected chi connectivity index (χ4v) is 2.07. The molecule has 5 heteroatoms. The van der Waals surface area contributed by atoms with E-state index in [1.165, 1.54) is 12.1 Å². The first-order valence-corrected chi connectivity index (χ1v) is 7.32. The predicted molar refractivity (Wildman–Crippen MR) is 84.8 cm³/mol. The van der Waals surface area contributed by atoms with E-state index in [2.05, 4.69) is 5.32 Å². The molecule has 0 heterocycles. The summed E-state index contributed by atoms with van der Waals surface area (Å²) in [6, 6.07) is 11.4. The first kappa shape index (κ1) is 16.3. The third-order valence-electron chi connectivity index (χ3n) is 2.92. The number of rotatable bonds is 5. The van der Waals surface area contributed by atoms with Crippen LogP contribution in [-0.2, 0) is 6.54 Å². The minimum atomic E-state index is -0.634. The standard InChI is InChI=1S/C17H17ClFNO2/c1-11(2)22-14-6-3-12(4-7-14)10-20-17(21)15-8-5-13(18)9-16(15)19/h3-9,11H,10H2,1-2H3,(H,20,21). The second-order valence-electron chi connectivity index (χ2n) is 5.12. The van der Waals surface area contributed by atoms with E-state index in [4.69, 9.17) is 16.3 Å². The third kappa shape index (κ3) is 4.46. The number of carbonyl (C=O) groups is 1. The van der Waals surface area contributed by atoms with Crippen molar-refractivity contribution in [2.45, 2.75) is 26.5 Å². The SMILES string of the molecule is CC(C)Oc1ccc(CNC(=O)c2ccc(Cl)cc2F)cc1. The predicted octanol–water partition coefficient (Wildman–Crippen LogP) is 4.20. The summed E-state index contributed by atoms with van der Waals surface area (Å²) in [5.41, 5.74) is 0.878. The van der Waals surface area contributed by atoms with Gasteiger partial charge in [0.15, 0.2) is 0 Å². The molecule has 2 rings (SSSR count). The summed E-state index contributed by atoms with van der Waals surface area (Å²) < 4.78 is 19.2. The molecule has 0 aliphatic heterocycles. The lowest BCUT2D eigenvalue weighted by Crippen LogP contribution is -2.23. The molecule has 0 unspecified atom stereocenters. The minimum Gasteiger partial charge on any atom is -0.491 e. The fourth-order valence-electron chi connectivity index (χ4n) is 1.91. The van der Waals surface area contributed by atoms with Crippen LogP contribution in [0.2, 0.25) is 5.02 Å². The molecule has 2 aromatic rings. The molecule has 1 amide bonds. The minimum absolute atomic E-state index is 0.0239. The van der Waals surface area contributed by atoms with Crippen LogP contribution in [0, 0.1) is 5.82 Å². The van der Waals surface area contributed by atoms with Crippen molar-refractivity contribution < 1.29 is 13.9 Å². The summed E-state index contributed by atoms with van der Waals surface area (Å²) in [5.74, 6) is -0.337. The highest BCUT2D eigenvalue weighted by Gasteiger charge is 2.11. The van der Waals surface area contributed by atoms with E-state index in [1.54, 1.807) is 0 Å². The molecular formula is C17H17ClFNO2. The maximum atomic E-state index is 13.6. The van der Waals surface area contributed by atoms with E-state index >= 15 is 0 Å². The molecule has 116 valence electrons. The van der Waals surface area contributed by atoms with Gasteiger partial charge in [0.05, 0.1) is 11.7 Å². The van der Waals surface area contributed by atoms with Gasteiger partial charge in [0.25, 0.3) is 5.91 Å². The van der Waals surface area contributed by atoms with Crippen molar-refractivity contribution in [2.24, 2.45) is 0 Å². The van der Waals surface area contributed by atoms with Crippen molar-refractivity contribution in [3.05, 3.63) is 64.4 Å². The normalized spacial score (nSPS) is 10.6. The zero-order valence-corrected chi connectivity index (χ0v) is 13.2. The lowest BCUT2D eigenvalue weighted by molar-refractivity contribution is 0.0947. The highest BCUT2D eigenvalue weighted by Crippen LogP contribution is 2.16. The lowest BCUT2D eigenvalue weighted by Gasteiger charge is -2.10. The topological polar surface area (TPSA) is 38.3 Å². The van der Waals surface area contributed by atoms with Gasteiger partial charge in [0, 0.05) is 11.6 Å². The Bertz CT molecular complexity index is 656. The number of carbonyl (C=O) groups excluding carboxylic acids is 1. The van der Waals surface area contributed by atoms with E-state index in [1.807, 2.05) is 38.1 Å². The van der Waals surface area contributed by atoms with Crippen molar-refractivity contribution >= 4 is 17.5 Å². The molecule has 22 heavy (non-hydrogen) atoms. The second-order valence-corrected chi connectivity index (χ2v) is 5.55. The van der Waals surface area contributed by atoms with Crippen molar-refractivity contribution in [3.8, 4) is 5.75 Å². The number of ether oxygens (including phenoxy) is 1. The molecule has 0 radical (unpaired) electrons. The van der Waals surface area contributed by atoms with Crippen LogP contribution in [0.3, 0.4) is 0 Å². The molecule has 0 aliphatic rings. The summed E-state index contributed by atoms with van der Waals surface area (Å²) in [5, 5.41) is 2.93. The molecule has 0 saturated heterocycles. The van der Waals surface area contributed by atoms with Gasteiger partial charge in [-0.1, -0.05) is 23.7 Å². The van der Waals surface area contributed by atoms with Gasteiger partial charge < -0.3 is 10.1 Å². The zero-order chi connectivity index (χ0) is 16.1. The highest BCUT2D eigenvalue weighted by molar-refractivity contribution is 6.30. The Morgan fingerprint density at radius 2 is 1.91 bits per heavy atom. The molecule has 0 fully saturated rings. The smallest absolute Gasteiger partial charge is 0.254 e. The number of amides is 1. The first-order valence-electron chi connectivity index (χ1n) is 6.94. The monoisotopic (exact) mass is 321 g/mol. The van der Waals surface area contributed by atoms with Crippen LogP contribution in [0.25, 0.3) is 0 Å². The largest absolute Gasteiger partial charge is 0.491 e. The van der Waals surface area contributed by atoms with Gasteiger partial charge in [-0.2, -0.15) is 0 Å². The van der Waals surface area contributed by atoms with E-state index in [9.17, 15) is 9.18 Å². The van der Waals surface area contributed by atoms with Crippen LogP contribution in [-0.4, -0.2) is 12.0 Å². The van der Waals surface area contributed by atoms with Crippen molar-refractivity contribution in [2.75, 3.05) is 0 Å². The van der Waals surface area contributed by atoms with Gasteiger partial charge in [-0.05, 0) is 49.7 Å². The van der Waals surface area contributed by atoms with Crippen LogP contribution in [0.5, 0.6) is 5.75 Å². The molecule has 2 aromatic carbocycles. The van der Waals surface area contributed by atoms with Gasteiger partial charge in [-0.3, -0.25) is 4.79 Å². The quantitative estimate of drug-likeness (QED) is 0.896. The number of hydrogen-bond donors (Lipinski definition) is 1. The fraction of sp³-hybridized carbons (Fsp3) is 0.235.